The molecule has 3 aromatic carbocycles. The zero-order valence-electron chi connectivity index (χ0n) is 24.3. The van der Waals surface area contributed by atoms with E-state index >= 15 is 0 Å². The Morgan fingerprint density at radius 2 is 1.65 bits per heavy atom. The molecule has 6 rings (SSSR count). The number of carbonyl (C=O) groups excluding carboxylic acids is 4. The smallest absolute Gasteiger partial charge is 0.338 e. The summed E-state index contributed by atoms with van der Waals surface area (Å²) in [5.74, 6) is -2.76. The summed E-state index contributed by atoms with van der Waals surface area (Å²) in [5, 5.41) is 2.89. The number of thiazole rings is 1. The van der Waals surface area contributed by atoms with Crippen LogP contribution in [0.1, 0.15) is 33.6 Å². The van der Waals surface area contributed by atoms with Gasteiger partial charge in [0, 0.05) is 16.5 Å². The maximum atomic E-state index is 14.1. The average molecular weight is 699 g/mol. The molecule has 1 N–H and O–H groups in total. The first-order valence-electron chi connectivity index (χ1n) is 14.0. The van der Waals surface area contributed by atoms with Gasteiger partial charge in [0.15, 0.2) is 0 Å². The van der Waals surface area contributed by atoms with E-state index < -0.39 is 45.6 Å². The number of anilines is 2. The first-order chi connectivity index (χ1) is 22.1. The number of ether oxygens (including phenoxy) is 2. The monoisotopic (exact) mass is 697 g/mol. The normalized spacial score (nSPS) is 18.6. The number of benzene rings is 3. The van der Waals surface area contributed by atoms with Crippen LogP contribution in [0.15, 0.2) is 76.6 Å². The van der Waals surface area contributed by atoms with Crippen molar-refractivity contribution < 1.29 is 28.7 Å². The number of esters is 1. The van der Waals surface area contributed by atoms with Crippen LogP contribution in [0.25, 0.3) is 0 Å². The van der Waals surface area contributed by atoms with E-state index in [1.165, 1.54) is 34.9 Å². The molecular formula is C32H25Cl2N3O7S2. The second-order valence-corrected chi connectivity index (χ2v) is 13.3. The number of hydrogen-bond donors (Lipinski definition) is 1. The highest BCUT2D eigenvalue weighted by Crippen LogP contribution is 2.54. The number of amides is 3. The van der Waals surface area contributed by atoms with E-state index in [-0.39, 0.29) is 23.7 Å². The topological polar surface area (TPSA) is 124 Å². The molecule has 1 aromatic heterocycles. The zero-order chi connectivity index (χ0) is 32.7. The largest absolute Gasteiger partial charge is 0.497 e. The van der Waals surface area contributed by atoms with Gasteiger partial charge in [-0.15, -0.1) is 0 Å². The van der Waals surface area contributed by atoms with Crippen LogP contribution in [-0.2, 0) is 25.7 Å². The summed E-state index contributed by atoms with van der Waals surface area (Å²) in [6.07, 6.45) is 0. The van der Waals surface area contributed by atoms with Gasteiger partial charge >= 0.3 is 10.8 Å². The Labute approximate surface area is 281 Å². The van der Waals surface area contributed by atoms with Gasteiger partial charge in [0.25, 0.3) is 0 Å². The van der Waals surface area contributed by atoms with Crippen molar-refractivity contribution in [3.63, 3.8) is 0 Å². The third-order valence-corrected chi connectivity index (χ3v) is 11.0. The highest BCUT2D eigenvalue weighted by Gasteiger charge is 2.56. The lowest BCUT2D eigenvalue weighted by molar-refractivity contribution is -0.122. The van der Waals surface area contributed by atoms with Gasteiger partial charge in [0.2, 0.25) is 17.7 Å². The summed E-state index contributed by atoms with van der Waals surface area (Å²) < 4.78 is 11.7. The molecule has 3 heterocycles. The number of thioether (sulfide) groups is 1. The first-order valence-corrected chi connectivity index (χ1v) is 16.5. The van der Waals surface area contributed by atoms with Crippen LogP contribution in [0.5, 0.6) is 5.75 Å². The summed E-state index contributed by atoms with van der Waals surface area (Å²) in [6.45, 7) is 1.59. The second kappa shape index (κ2) is 13.0. The predicted octanol–water partition coefficient (Wildman–Crippen LogP) is 5.84. The van der Waals surface area contributed by atoms with E-state index in [2.05, 4.69) is 5.32 Å². The lowest BCUT2D eigenvalue weighted by Gasteiger charge is -2.30. The lowest BCUT2D eigenvalue weighted by Crippen LogP contribution is -2.33. The van der Waals surface area contributed by atoms with Crippen molar-refractivity contribution in [1.29, 1.82) is 0 Å². The summed E-state index contributed by atoms with van der Waals surface area (Å²) in [6, 6.07) is 17.8. The van der Waals surface area contributed by atoms with E-state index in [0.717, 1.165) is 28.0 Å². The maximum absolute atomic E-state index is 14.1. The minimum atomic E-state index is -0.879. The Bertz CT molecular complexity index is 1930. The highest BCUT2D eigenvalue weighted by molar-refractivity contribution is 8.00. The first kappa shape index (κ1) is 31.9. The molecule has 2 aliphatic heterocycles. The number of fused-ring (bicyclic) bond motifs is 2. The van der Waals surface area contributed by atoms with Crippen molar-refractivity contribution in [2.45, 2.75) is 29.7 Å². The fraction of sp³-hybridized carbons (Fsp3) is 0.219. The number of hydrogen-bond acceptors (Lipinski definition) is 9. The van der Waals surface area contributed by atoms with Crippen LogP contribution in [-0.4, -0.2) is 47.2 Å². The van der Waals surface area contributed by atoms with Gasteiger partial charge < -0.3 is 14.8 Å². The van der Waals surface area contributed by atoms with Gasteiger partial charge in [0.1, 0.15) is 17.5 Å². The maximum Gasteiger partial charge on any atom is 0.338 e. The molecule has 1 saturated heterocycles. The van der Waals surface area contributed by atoms with E-state index in [1.54, 1.807) is 50.4 Å². The van der Waals surface area contributed by atoms with Crippen LogP contribution >= 0.6 is 46.3 Å². The average Bonchev–Trinajstić information content (AvgIpc) is 3.49. The van der Waals surface area contributed by atoms with Gasteiger partial charge in [-0.2, -0.15) is 0 Å². The molecule has 0 bridgehead atoms. The zero-order valence-corrected chi connectivity index (χ0v) is 27.5. The number of nitrogens with one attached hydrogen (secondary N) is 1. The van der Waals surface area contributed by atoms with Crippen molar-refractivity contribution in [2.75, 3.05) is 23.9 Å². The number of halogens is 2. The summed E-state index contributed by atoms with van der Waals surface area (Å²) >= 11 is 14.1. The molecule has 2 aliphatic rings. The van der Waals surface area contributed by atoms with Gasteiger partial charge in [0.05, 0.1) is 46.0 Å². The Kier molecular flexibility index (Phi) is 8.97. The lowest BCUT2D eigenvalue weighted by atomic mass is 9.83. The Morgan fingerprint density at radius 1 is 0.935 bits per heavy atom. The Hall–Kier alpha value is -4.10. The number of rotatable bonds is 8. The van der Waals surface area contributed by atoms with Gasteiger partial charge in [-0.3, -0.25) is 23.7 Å². The van der Waals surface area contributed by atoms with Crippen LogP contribution in [0.3, 0.4) is 0 Å². The molecule has 14 heteroatoms. The van der Waals surface area contributed by atoms with Gasteiger partial charge in [-0.05, 0) is 67.1 Å². The fourth-order valence-corrected chi connectivity index (χ4v) is 8.63. The minimum absolute atomic E-state index is 0.212. The van der Waals surface area contributed by atoms with Crippen molar-refractivity contribution in [1.82, 2.24) is 4.57 Å². The number of nitrogens with zero attached hydrogens (tertiary/aromatic N) is 2. The molecule has 0 saturated carbocycles. The second-order valence-electron chi connectivity index (χ2n) is 10.4. The molecule has 0 aliphatic carbocycles. The molecule has 2 unspecified atom stereocenters. The number of methoxy groups -OCH3 is 1. The molecule has 0 radical (unpaired) electrons. The molecule has 46 heavy (non-hydrogen) atoms. The van der Waals surface area contributed by atoms with Gasteiger partial charge in [-0.1, -0.05) is 58.4 Å². The van der Waals surface area contributed by atoms with E-state index in [0.29, 0.717) is 37.6 Å². The number of imide groups is 1. The van der Waals surface area contributed by atoms with E-state index in [9.17, 15) is 24.0 Å². The third-order valence-electron chi connectivity index (χ3n) is 7.67. The highest BCUT2D eigenvalue weighted by atomic mass is 35.5. The summed E-state index contributed by atoms with van der Waals surface area (Å²) in [4.78, 5) is 68.1. The SMILES string of the molecule is CCOC(=O)c1ccc(N2C(=O)C3Sc4c(sc(=O)n4CC(=O)Nc4ccc(Cl)c(Cl)c4)[C@H](c4ccc(OC)cc4)C3C2=O)cc1. The van der Waals surface area contributed by atoms with Crippen molar-refractivity contribution in [2.24, 2.45) is 5.92 Å². The summed E-state index contributed by atoms with van der Waals surface area (Å²) in [5.41, 5.74) is 1.72. The Morgan fingerprint density at radius 3 is 2.30 bits per heavy atom. The fourth-order valence-electron chi connectivity index (χ4n) is 5.56. The van der Waals surface area contributed by atoms with Crippen LogP contribution < -0.4 is 19.8 Å². The van der Waals surface area contributed by atoms with Gasteiger partial charge in [-0.25, -0.2) is 9.69 Å². The molecule has 236 valence electrons. The van der Waals surface area contributed by atoms with Crippen LogP contribution in [0, 0.1) is 5.92 Å². The molecular weight excluding hydrogens is 673 g/mol. The standard InChI is InChI=1S/C32H25Cl2N3O7S2/c1-3-44-31(41)17-4-9-19(10-5-17)37-28(39)25-24(16-6-11-20(43-2)12-7-16)27-30(45-26(25)29(37)40)36(32(42)46-27)15-23(38)35-18-8-13-21(33)22(34)14-18/h4-14,24-26H,3,15H2,1-2H3,(H,35,38)/t24-,25?,26?/m1/s1. The number of carbonyl (C=O) groups is 4. The number of aromatic nitrogens is 1. The van der Waals surface area contributed by atoms with Crippen molar-refractivity contribution in [3.8, 4) is 5.75 Å². The molecule has 4 aromatic rings. The third kappa shape index (κ3) is 5.81. The predicted molar refractivity (Wildman–Crippen MR) is 177 cm³/mol. The molecule has 10 nitrogen and oxygen atoms in total. The van der Waals surface area contributed by atoms with Crippen molar-refractivity contribution in [3.05, 3.63) is 102 Å². The molecule has 1 fully saturated rings. The molecule has 3 atom stereocenters. The van der Waals surface area contributed by atoms with Crippen LogP contribution in [0.4, 0.5) is 11.4 Å². The molecule has 3 amide bonds. The molecule has 0 spiro atoms. The minimum Gasteiger partial charge on any atom is -0.497 e. The van der Waals surface area contributed by atoms with E-state index in [4.69, 9.17) is 32.7 Å². The Balaban J connectivity index is 1.37. The quantitative estimate of drug-likeness (QED) is 0.180. The van der Waals surface area contributed by atoms with Crippen molar-refractivity contribution >= 4 is 81.4 Å². The van der Waals surface area contributed by atoms with E-state index in [1.807, 2.05) is 0 Å². The summed E-state index contributed by atoms with van der Waals surface area (Å²) in [7, 11) is 1.54. The van der Waals surface area contributed by atoms with Crippen LogP contribution in [0.2, 0.25) is 10.0 Å².